The van der Waals surface area contributed by atoms with Gasteiger partial charge in [-0.3, -0.25) is 5.32 Å². The van der Waals surface area contributed by atoms with Crippen molar-refractivity contribution >= 4 is 0 Å². The molecule has 1 saturated heterocycles. The lowest BCUT2D eigenvalue weighted by Crippen LogP contribution is -2.40. The number of para-hydroxylation sites is 2. The standard InChI is InChI=1S/C10H13N3O2/c11-9-5-13(6-12-9)10-14-7-3-1-2-4-8(7)15-10/h1-4,9-10,12H,5-6,11H2/t9-/m1/s1. The lowest BCUT2D eigenvalue weighted by atomic mass is 10.3. The molecule has 5 heteroatoms. The molecule has 0 bridgehead atoms. The monoisotopic (exact) mass is 207 g/mol. The first kappa shape index (κ1) is 8.96. The minimum Gasteiger partial charge on any atom is -0.438 e. The summed E-state index contributed by atoms with van der Waals surface area (Å²) >= 11 is 0. The molecule has 2 heterocycles. The van der Waals surface area contributed by atoms with E-state index in [1.807, 2.05) is 29.2 Å². The Morgan fingerprint density at radius 1 is 1.27 bits per heavy atom. The van der Waals surface area contributed by atoms with Crippen molar-refractivity contribution in [3.05, 3.63) is 24.3 Å². The van der Waals surface area contributed by atoms with Crippen molar-refractivity contribution in [1.82, 2.24) is 10.2 Å². The molecule has 5 nitrogen and oxygen atoms in total. The fourth-order valence-electron chi connectivity index (χ4n) is 1.81. The highest BCUT2D eigenvalue weighted by molar-refractivity contribution is 5.41. The molecule has 80 valence electrons. The Hall–Kier alpha value is -1.30. The summed E-state index contributed by atoms with van der Waals surface area (Å²) in [5.74, 6) is 1.59. The molecule has 3 rings (SSSR count). The predicted molar refractivity (Wildman–Crippen MR) is 54.2 cm³/mol. The normalized spacial score (nSPS) is 26.1. The van der Waals surface area contributed by atoms with Crippen LogP contribution in [0.2, 0.25) is 0 Å². The lowest BCUT2D eigenvalue weighted by molar-refractivity contribution is -0.0774. The van der Waals surface area contributed by atoms with E-state index < -0.39 is 0 Å². The van der Waals surface area contributed by atoms with Crippen LogP contribution in [0, 0.1) is 0 Å². The zero-order chi connectivity index (χ0) is 10.3. The third-order valence-electron chi connectivity index (χ3n) is 2.59. The largest absolute Gasteiger partial charge is 0.438 e. The van der Waals surface area contributed by atoms with Gasteiger partial charge in [-0.15, -0.1) is 0 Å². The summed E-state index contributed by atoms with van der Waals surface area (Å²) in [6.07, 6.45) is -0.343. The minimum atomic E-state index is -0.344. The van der Waals surface area contributed by atoms with Crippen molar-refractivity contribution in [2.75, 3.05) is 13.2 Å². The second kappa shape index (κ2) is 3.37. The SMILES string of the molecule is N[C@H]1CN(C2Oc3ccccc3O2)CN1. The van der Waals surface area contributed by atoms with Crippen molar-refractivity contribution in [2.24, 2.45) is 5.73 Å². The van der Waals surface area contributed by atoms with Crippen molar-refractivity contribution in [2.45, 2.75) is 12.6 Å². The molecule has 0 aliphatic carbocycles. The van der Waals surface area contributed by atoms with E-state index in [9.17, 15) is 0 Å². The Labute approximate surface area is 87.8 Å². The average Bonchev–Trinajstić information content (AvgIpc) is 2.82. The molecule has 0 amide bonds. The quantitative estimate of drug-likeness (QED) is 0.673. The molecule has 2 aliphatic rings. The minimum absolute atomic E-state index is 0.000845. The summed E-state index contributed by atoms with van der Waals surface area (Å²) in [5, 5.41) is 3.12. The fourth-order valence-corrected chi connectivity index (χ4v) is 1.81. The van der Waals surface area contributed by atoms with Crippen molar-refractivity contribution in [3.8, 4) is 11.5 Å². The van der Waals surface area contributed by atoms with Crippen LogP contribution >= 0.6 is 0 Å². The van der Waals surface area contributed by atoms with Gasteiger partial charge >= 0.3 is 6.41 Å². The third-order valence-corrected chi connectivity index (χ3v) is 2.59. The molecule has 0 aromatic heterocycles. The smallest absolute Gasteiger partial charge is 0.306 e. The lowest BCUT2D eigenvalue weighted by Gasteiger charge is -2.20. The highest BCUT2D eigenvalue weighted by Crippen LogP contribution is 2.34. The summed E-state index contributed by atoms with van der Waals surface area (Å²) in [5.41, 5.74) is 5.73. The highest BCUT2D eigenvalue weighted by atomic mass is 16.7. The van der Waals surface area contributed by atoms with E-state index in [4.69, 9.17) is 15.2 Å². The number of hydrogen-bond acceptors (Lipinski definition) is 5. The molecule has 0 radical (unpaired) electrons. The third kappa shape index (κ3) is 1.54. The summed E-state index contributed by atoms with van der Waals surface area (Å²) in [7, 11) is 0. The number of nitrogens with two attached hydrogens (primary N) is 1. The Balaban J connectivity index is 1.73. The van der Waals surface area contributed by atoms with Gasteiger partial charge in [0.05, 0.1) is 12.8 Å². The van der Waals surface area contributed by atoms with Crippen LogP contribution < -0.4 is 20.5 Å². The van der Waals surface area contributed by atoms with E-state index in [0.717, 1.165) is 18.0 Å². The van der Waals surface area contributed by atoms with E-state index in [1.165, 1.54) is 0 Å². The maximum absolute atomic E-state index is 5.73. The molecule has 15 heavy (non-hydrogen) atoms. The molecule has 1 atom stereocenters. The van der Waals surface area contributed by atoms with Crippen LogP contribution in [-0.4, -0.2) is 30.7 Å². The van der Waals surface area contributed by atoms with Gasteiger partial charge in [-0.2, -0.15) is 0 Å². The van der Waals surface area contributed by atoms with Crippen LogP contribution in [0.3, 0.4) is 0 Å². The van der Waals surface area contributed by atoms with Crippen LogP contribution in [0.4, 0.5) is 0 Å². The highest BCUT2D eigenvalue weighted by Gasteiger charge is 2.33. The van der Waals surface area contributed by atoms with Crippen molar-refractivity contribution < 1.29 is 9.47 Å². The van der Waals surface area contributed by atoms with Crippen LogP contribution in [-0.2, 0) is 0 Å². The van der Waals surface area contributed by atoms with Gasteiger partial charge in [0, 0.05) is 6.54 Å². The Kier molecular flexibility index (Phi) is 2.02. The van der Waals surface area contributed by atoms with Crippen LogP contribution in [0.1, 0.15) is 0 Å². The van der Waals surface area contributed by atoms with Crippen molar-refractivity contribution in [3.63, 3.8) is 0 Å². The molecule has 0 unspecified atom stereocenters. The predicted octanol–water partition coefficient (Wildman–Crippen LogP) is -0.111. The maximum Gasteiger partial charge on any atom is 0.306 e. The molecule has 1 aromatic carbocycles. The van der Waals surface area contributed by atoms with E-state index >= 15 is 0 Å². The Bertz CT molecular complexity index is 346. The van der Waals surface area contributed by atoms with Gasteiger partial charge < -0.3 is 15.2 Å². The summed E-state index contributed by atoms with van der Waals surface area (Å²) in [6.45, 7) is 1.43. The Morgan fingerprint density at radius 3 is 2.47 bits per heavy atom. The van der Waals surface area contributed by atoms with E-state index in [2.05, 4.69) is 5.32 Å². The molecule has 2 aliphatic heterocycles. The number of rotatable bonds is 1. The molecule has 0 saturated carbocycles. The first-order valence-electron chi connectivity index (χ1n) is 4.98. The zero-order valence-electron chi connectivity index (χ0n) is 8.22. The van der Waals surface area contributed by atoms with Gasteiger partial charge in [0.15, 0.2) is 11.5 Å². The number of ether oxygens (including phenoxy) is 2. The second-order valence-electron chi connectivity index (χ2n) is 3.73. The van der Waals surface area contributed by atoms with E-state index in [0.29, 0.717) is 6.67 Å². The van der Waals surface area contributed by atoms with Crippen LogP contribution in [0.5, 0.6) is 11.5 Å². The molecule has 0 spiro atoms. The number of hydrogen-bond donors (Lipinski definition) is 2. The van der Waals surface area contributed by atoms with Gasteiger partial charge in [0.1, 0.15) is 0 Å². The topological polar surface area (TPSA) is 59.8 Å². The summed E-state index contributed by atoms with van der Waals surface area (Å²) in [4.78, 5) is 2.02. The number of nitrogens with one attached hydrogen (secondary N) is 1. The van der Waals surface area contributed by atoms with E-state index in [-0.39, 0.29) is 12.6 Å². The first-order chi connectivity index (χ1) is 7.33. The van der Waals surface area contributed by atoms with Gasteiger partial charge in [-0.1, -0.05) is 12.1 Å². The summed E-state index contributed by atoms with van der Waals surface area (Å²) < 4.78 is 11.3. The van der Waals surface area contributed by atoms with Gasteiger partial charge in [0.2, 0.25) is 0 Å². The molecule has 3 N–H and O–H groups in total. The number of nitrogens with zero attached hydrogens (tertiary/aromatic N) is 1. The maximum atomic E-state index is 5.73. The molecular formula is C10H13N3O2. The Morgan fingerprint density at radius 2 is 1.93 bits per heavy atom. The molecular weight excluding hydrogens is 194 g/mol. The van der Waals surface area contributed by atoms with Gasteiger partial charge in [-0.25, -0.2) is 4.90 Å². The van der Waals surface area contributed by atoms with E-state index in [1.54, 1.807) is 0 Å². The van der Waals surface area contributed by atoms with Crippen LogP contribution in [0.25, 0.3) is 0 Å². The van der Waals surface area contributed by atoms with Gasteiger partial charge in [-0.05, 0) is 12.1 Å². The van der Waals surface area contributed by atoms with Gasteiger partial charge in [0.25, 0.3) is 0 Å². The molecule has 1 aromatic rings. The average molecular weight is 207 g/mol. The zero-order valence-corrected chi connectivity index (χ0v) is 8.22. The number of benzene rings is 1. The first-order valence-corrected chi connectivity index (χ1v) is 4.98. The molecule has 1 fully saturated rings. The number of fused-ring (bicyclic) bond motifs is 1. The fraction of sp³-hybridized carbons (Fsp3) is 0.400. The summed E-state index contributed by atoms with van der Waals surface area (Å²) in [6, 6.07) is 7.66. The van der Waals surface area contributed by atoms with Crippen molar-refractivity contribution in [1.29, 1.82) is 0 Å². The second-order valence-corrected chi connectivity index (χ2v) is 3.73. The van der Waals surface area contributed by atoms with Crippen LogP contribution in [0.15, 0.2) is 24.3 Å².